The zero-order valence-electron chi connectivity index (χ0n) is 14.6. The molecule has 0 radical (unpaired) electrons. The molecule has 1 aromatic heterocycles. The van der Waals surface area contributed by atoms with Gasteiger partial charge in [0.05, 0.1) is 17.8 Å². The van der Waals surface area contributed by atoms with Crippen molar-refractivity contribution in [3.63, 3.8) is 0 Å². The van der Waals surface area contributed by atoms with Crippen molar-refractivity contribution in [3.8, 4) is 0 Å². The van der Waals surface area contributed by atoms with E-state index in [1.54, 1.807) is 10.9 Å². The van der Waals surface area contributed by atoms with Crippen molar-refractivity contribution in [2.45, 2.75) is 58.4 Å². The van der Waals surface area contributed by atoms with E-state index in [1.807, 2.05) is 4.90 Å². The van der Waals surface area contributed by atoms with Crippen molar-refractivity contribution in [1.82, 2.24) is 14.7 Å². The van der Waals surface area contributed by atoms with Crippen LogP contribution in [0.15, 0.2) is 12.4 Å². The lowest BCUT2D eigenvalue weighted by atomic mass is 9.63. The van der Waals surface area contributed by atoms with Crippen LogP contribution in [0.3, 0.4) is 0 Å². The fraction of sp³-hybridized carbons (Fsp3) is 0.722. The van der Waals surface area contributed by atoms with Crippen LogP contribution >= 0.6 is 0 Å². The molecule has 0 atom stereocenters. The van der Waals surface area contributed by atoms with Crippen LogP contribution in [0.25, 0.3) is 0 Å². The van der Waals surface area contributed by atoms with Gasteiger partial charge in [-0.05, 0) is 38.0 Å². The number of aromatic nitrogens is 2. The van der Waals surface area contributed by atoms with Crippen LogP contribution in [-0.4, -0.2) is 44.8 Å². The number of carboxylic acids is 1. The molecule has 3 rings (SSSR count). The number of rotatable bonds is 5. The predicted octanol–water partition coefficient (Wildman–Crippen LogP) is 2.96. The quantitative estimate of drug-likeness (QED) is 0.899. The Kier molecular flexibility index (Phi) is 4.65. The second-order valence-electron chi connectivity index (χ2n) is 7.77. The molecule has 1 aromatic rings. The first-order valence-corrected chi connectivity index (χ1v) is 8.98. The van der Waals surface area contributed by atoms with Gasteiger partial charge in [-0.2, -0.15) is 5.10 Å². The number of carbonyl (C=O) groups excluding carboxylic acids is 1. The number of carbonyl (C=O) groups is 2. The van der Waals surface area contributed by atoms with E-state index in [2.05, 4.69) is 18.9 Å². The van der Waals surface area contributed by atoms with Crippen LogP contribution in [0, 0.1) is 11.3 Å². The van der Waals surface area contributed by atoms with Crippen molar-refractivity contribution in [2.24, 2.45) is 11.3 Å². The maximum Gasteiger partial charge on any atom is 0.338 e. The highest BCUT2D eigenvalue weighted by Crippen LogP contribution is 2.47. The van der Waals surface area contributed by atoms with Crippen LogP contribution in [0.2, 0.25) is 0 Å². The zero-order valence-corrected chi connectivity index (χ0v) is 14.6. The van der Waals surface area contributed by atoms with Gasteiger partial charge in [0.1, 0.15) is 0 Å². The highest BCUT2D eigenvalue weighted by atomic mass is 16.4. The Labute approximate surface area is 142 Å². The summed E-state index contributed by atoms with van der Waals surface area (Å²) in [6, 6.07) is 0.185. The maximum absolute atomic E-state index is 13.0. The Balaban J connectivity index is 1.60. The number of hydrogen-bond donors (Lipinski definition) is 1. The highest BCUT2D eigenvalue weighted by Gasteiger charge is 2.46. The van der Waals surface area contributed by atoms with Crippen molar-refractivity contribution in [1.29, 1.82) is 0 Å². The molecule has 0 aromatic carbocycles. The molecule has 132 valence electrons. The Morgan fingerprint density at radius 1 is 1.33 bits per heavy atom. The molecule has 6 heteroatoms. The first kappa shape index (κ1) is 17.0. The van der Waals surface area contributed by atoms with Crippen molar-refractivity contribution < 1.29 is 14.7 Å². The SMILES string of the molecule is CC(C)CC1(C(=O)N2CCC(n3cc(C(=O)O)cn3)CC2)CCC1. The second kappa shape index (κ2) is 6.57. The molecule has 0 unspecified atom stereocenters. The number of aromatic carboxylic acids is 1. The third-order valence-electron chi connectivity index (χ3n) is 5.54. The summed E-state index contributed by atoms with van der Waals surface area (Å²) in [6.07, 6.45) is 8.89. The van der Waals surface area contributed by atoms with E-state index in [0.29, 0.717) is 11.8 Å². The normalized spacial score (nSPS) is 20.9. The van der Waals surface area contributed by atoms with E-state index < -0.39 is 5.97 Å². The minimum Gasteiger partial charge on any atom is -0.478 e. The monoisotopic (exact) mass is 333 g/mol. The third-order valence-corrected chi connectivity index (χ3v) is 5.54. The van der Waals surface area contributed by atoms with Crippen LogP contribution in [-0.2, 0) is 4.79 Å². The van der Waals surface area contributed by atoms with Gasteiger partial charge in [0.2, 0.25) is 5.91 Å². The molecular formula is C18H27N3O3. The summed E-state index contributed by atoms with van der Waals surface area (Å²) in [4.78, 5) is 26.0. The van der Waals surface area contributed by atoms with E-state index >= 15 is 0 Å². The summed E-state index contributed by atoms with van der Waals surface area (Å²) < 4.78 is 1.75. The first-order chi connectivity index (χ1) is 11.4. The Morgan fingerprint density at radius 2 is 2.00 bits per heavy atom. The van der Waals surface area contributed by atoms with Crippen LogP contribution in [0.4, 0.5) is 0 Å². The molecule has 1 saturated carbocycles. The van der Waals surface area contributed by atoms with E-state index in [1.165, 1.54) is 12.6 Å². The number of hydrogen-bond acceptors (Lipinski definition) is 3. The Hall–Kier alpha value is -1.85. The lowest BCUT2D eigenvalue weighted by Crippen LogP contribution is -2.51. The van der Waals surface area contributed by atoms with Crippen LogP contribution in [0.1, 0.15) is 68.8 Å². The van der Waals surface area contributed by atoms with E-state index in [-0.39, 0.29) is 17.0 Å². The van der Waals surface area contributed by atoms with Gasteiger partial charge in [-0.3, -0.25) is 9.48 Å². The molecule has 1 amide bonds. The number of nitrogens with zero attached hydrogens (tertiary/aromatic N) is 3. The molecule has 6 nitrogen and oxygen atoms in total. The minimum absolute atomic E-state index is 0.108. The number of piperidine rings is 1. The summed E-state index contributed by atoms with van der Waals surface area (Å²) in [6.45, 7) is 5.87. The van der Waals surface area contributed by atoms with Gasteiger partial charge < -0.3 is 10.0 Å². The summed E-state index contributed by atoms with van der Waals surface area (Å²) in [5, 5.41) is 13.2. The van der Waals surface area contributed by atoms with E-state index in [9.17, 15) is 9.59 Å². The average Bonchev–Trinajstić information content (AvgIpc) is 3.00. The van der Waals surface area contributed by atoms with Crippen LogP contribution in [0.5, 0.6) is 0 Å². The standard InChI is InChI=1S/C18H27N3O3/c1-13(2)10-18(6-3-7-18)17(24)20-8-4-15(5-9-20)21-12-14(11-19-21)16(22)23/h11-13,15H,3-10H2,1-2H3,(H,22,23). The second-order valence-corrected chi connectivity index (χ2v) is 7.77. The van der Waals surface area contributed by atoms with E-state index in [0.717, 1.165) is 45.2 Å². The fourth-order valence-corrected chi connectivity index (χ4v) is 4.21. The van der Waals surface area contributed by atoms with Gasteiger partial charge in [-0.1, -0.05) is 20.3 Å². The zero-order chi connectivity index (χ0) is 17.3. The van der Waals surface area contributed by atoms with Gasteiger partial charge in [0, 0.05) is 24.7 Å². The summed E-state index contributed by atoms with van der Waals surface area (Å²) in [5.74, 6) is -0.0626. The molecule has 24 heavy (non-hydrogen) atoms. The maximum atomic E-state index is 13.0. The fourth-order valence-electron chi connectivity index (χ4n) is 4.21. The molecule has 1 aliphatic carbocycles. The molecular weight excluding hydrogens is 306 g/mol. The lowest BCUT2D eigenvalue weighted by Gasteiger charge is -2.46. The van der Waals surface area contributed by atoms with Gasteiger partial charge in [-0.15, -0.1) is 0 Å². The highest BCUT2D eigenvalue weighted by molar-refractivity contribution is 5.86. The Morgan fingerprint density at radius 3 is 2.46 bits per heavy atom. The van der Waals surface area contributed by atoms with Gasteiger partial charge >= 0.3 is 5.97 Å². The molecule has 0 spiro atoms. The van der Waals surface area contributed by atoms with Crippen molar-refractivity contribution >= 4 is 11.9 Å². The molecule has 2 heterocycles. The molecule has 2 aliphatic rings. The average molecular weight is 333 g/mol. The van der Waals surface area contributed by atoms with Crippen molar-refractivity contribution in [3.05, 3.63) is 18.0 Å². The van der Waals surface area contributed by atoms with Gasteiger partial charge in [-0.25, -0.2) is 4.79 Å². The minimum atomic E-state index is -0.950. The molecule has 2 fully saturated rings. The number of carboxylic acid groups (broad SMARTS) is 1. The van der Waals surface area contributed by atoms with Crippen LogP contribution < -0.4 is 0 Å². The van der Waals surface area contributed by atoms with Crippen molar-refractivity contribution in [2.75, 3.05) is 13.1 Å². The van der Waals surface area contributed by atoms with Gasteiger partial charge in [0.25, 0.3) is 0 Å². The Bertz CT molecular complexity index is 611. The smallest absolute Gasteiger partial charge is 0.338 e. The summed E-state index contributed by atoms with van der Waals surface area (Å²) in [5.41, 5.74) is 0.113. The largest absolute Gasteiger partial charge is 0.478 e. The van der Waals surface area contributed by atoms with E-state index in [4.69, 9.17) is 5.11 Å². The summed E-state index contributed by atoms with van der Waals surface area (Å²) >= 11 is 0. The third kappa shape index (κ3) is 3.19. The topological polar surface area (TPSA) is 75.4 Å². The molecule has 1 N–H and O–H groups in total. The molecule has 1 saturated heterocycles. The first-order valence-electron chi connectivity index (χ1n) is 8.98. The predicted molar refractivity (Wildman–Crippen MR) is 89.8 cm³/mol. The summed E-state index contributed by atoms with van der Waals surface area (Å²) in [7, 11) is 0. The lowest BCUT2D eigenvalue weighted by molar-refractivity contribution is -0.150. The molecule has 0 bridgehead atoms. The molecule has 1 aliphatic heterocycles. The van der Waals surface area contributed by atoms with Gasteiger partial charge in [0.15, 0.2) is 0 Å². The number of likely N-dealkylation sites (tertiary alicyclic amines) is 1. The number of amides is 1.